The Morgan fingerprint density at radius 1 is 1.12 bits per heavy atom. The Morgan fingerprint density at radius 2 is 1.81 bits per heavy atom. The number of anilines is 1. The van der Waals surface area contributed by atoms with Crippen molar-refractivity contribution in [3.8, 4) is 0 Å². The average Bonchev–Trinajstić information content (AvgIpc) is 3.09. The van der Waals surface area contributed by atoms with Crippen molar-refractivity contribution in [3.05, 3.63) is 82.6 Å². The number of carbonyl (C=O) groups excluding carboxylic acids is 2. The summed E-state index contributed by atoms with van der Waals surface area (Å²) in [7, 11) is 1.55. The first-order valence-corrected chi connectivity index (χ1v) is 8.18. The van der Waals surface area contributed by atoms with Crippen LogP contribution >= 0.6 is 11.6 Å². The zero-order chi connectivity index (χ0) is 18.5. The fourth-order valence-electron chi connectivity index (χ4n) is 2.47. The van der Waals surface area contributed by atoms with Crippen molar-refractivity contribution in [2.45, 2.75) is 6.73 Å². The summed E-state index contributed by atoms with van der Waals surface area (Å²) in [5.74, 6) is -0.637. The van der Waals surface area contributed by atoms with Gasteiger partial charge in [-0.3, -0.25) is 9.59 Å². The number of halogens is 1. The largest absolute Gasteiger partial charge is 0.362 e. The number of ether oxygens (including phenoxy) is 1. The van der Waals surface area contributed by atoms with E-state index < -0.39 is 0 Å². The lowest BCUT2D eigenvalue weighted by atomic mass is 9.98. The van der Waals surface area contributed by atoms with Crippen LogP contribution in [0.25, 0.3) is 0 Å². The van der Waals surface area contributed by atoms with Gasteiger partial charge in [0.25, 0.3) is 5.91 Å². The predicted octanol–water partition coefficient (Wildman–Crippen LogP) is 3.62. The number of benzene rings is 2. The second kappa shape index (κ2) is 7.95. The average molecular weight is 370 g/mol. The highest BCUT2D eigenvalue weighted by Crippen LogP contribution is 2.18. The highest BCUT2D eigenvalue weighted by molar-refractivity contribution is 6.30. The molecule has 0 saturated carbocycles. The molecule has 0 bridgehead atoms. The molecule has 0 saturated heterocycles. The minimum absolute atomic E-state index is 0.248. The molecule has 0 aliphatic rings. The second-order valence-corrected chi connectivity index (χ2v) is 5.96. The number of hydrogen-bond acceptors (Lipinski definition) is 4. The van der Waals surface area contributed by atoms with Gasteiger partial charge in [0.1, 0.15) is 6.73 Å². The van der Waals surface area contributed by atoms with Gasteiger partial charge in [-0.2, -0.15) is 5.10 Å². The van der Waals surface area contributed by atoms with Gasteiger partial charge < -0.3 is 10.1 Å². The molecular formula is C19H16ClN3O3. The molecular weight excluding hydrogens is 354 g/mol. The maximum Gasteiger partial charge on any atom is 0.256 e. The number of carbonyl (C=O) groups is 2. The van der Waals surface area contributed by atoms with Crippen LogP contribution in [0.2, 0.25) is 5.02 Å². The summed E-state index contributed by atoms with van der Waals surface area (Å²) in [5.41, 5.74) is 1.58. The van der Waals surface area contributed by atoms with Crippen LogP contribution in [0.1, 0.15) is 26.3 Å². The van der Waals surface area contributed by atoms with Crippen molar-refractivity contribution in [2.75, 3.05) is 12.4 Å². The maximum atomic E-state index is 12.8. The Labute approximate surface area is 155 Å². The first-order chi connectivity index (χ1) is 12.6. The molecule has 7 heteroatoms. The topological polar surface area (TPSA) is 73.2 Å². The zero-order valence-corrected chi connectivity index (χ0v) is 14.7. The molecule has 1 amide bonds. The monoisotopic (exact) mass is 369 g/mol. The van der Waals surface area contributed by atoms with E-state index in [0.29, 0.717) is 21.8 Å². The number of amides is 1. The van der Waals surface area contributed by atoms with Crippen LogP contribution in [0.3, 0.4) is 0 Å². The Kier molecular flexibility index (Phi) is 5.46. The molecule has 1 N–H and O–H groups in total. The first-order valence-electron chi connectivity index (χ1n) is 7.80. The van der Waals surface area contributed by atoms with E-state index in [1.807, 2.05) is 0 Å². The predicted molar refractivity (Wildman–Crippen MR) is 98.5 cm³/mol. The summed E-state index contributed by atoms with van der Waals surface area (Å²) in [6.07, 6.45) is 3.16. The molecule has 2 aromatic carbocycles. The third-order valence-corrected chi connectivity index (χ3v) is 3.93. The summed E-state index contributed by atoms with van der Waals surface area (Å²) in [6, 6.07) is 13.2. The minimum Gasteiger partial charge on any atom is -0.362 e. The van der Waals surface area contributed by atoms with Crippen molar-refractivity contribution in [3.63, 3.8) is 0 Å². The SMILES string of the molecule is COCn1cc(NC(=O)c2ccccc2C(=O)c2ccc(Cl)cc2)cn1. The first kappa shape index (κ1) is 17.8. The number of hydrogen-bond donors (Lipinski definition) is 1. The summed E-state index contributed by atoms with van der Waals surface area (Å²) in [6.45, 7) is 0.279. The van der Waals surface area contributed by atoms with Gasteiger partial charge in [-0.15, -0.1) is 0 Å². The lowest BCUT2D eigenvalue weighted by molar-refractivity contribution is 0.0996. The quantitative estimate of drug-likeness (QED) is 0.673. The molecule has 0 atom stereocenters. The van der Waals surface area contributed by atoms with Crippen LogP contribution in [0, 0.1) is 0 Å². The smallest absolute Gasteiger partial charge is 0.256 e. The zero-order valence-electron chi connectivity index (χ0n) is 14.0. The van der Waals surface area contributed by atoms with E-state index in [9.17, 15) is 9.59 Å². The molecule has 3 aromatic rings. The lowest BCUT2D eigenvalue weighted by Gasteiger charge is -2.09. The number of methoxy groups -OCH3 is 1. The van der Waals surface area contributed by atoms with Gasteiger partial charge >= 0.3 is 0 Å². The molecule has 0 spiro atoms. The summed E-state index contributed by atoms with van der Waals surface area (Å²) in [4.78, 5) is 25.4. The van der Waals surface area contributed by atoms with Gasteiger partial charge in [-0.05, 0) is 30.3 Å². The van der Waals surface area contributed by atoms with Gasteiger partial charge in [0.2, 0.25) is 0 Å². The van der Waals surface area contributed by atoms with Crippen molar-refractivity contribution in [1.82, 2.24) is 9.78 Å². The normalized spacial score (nSPS) is 10.5. The second-order valence-electron chi connectivity index (χ2n) is 5.52. The van der Waals surface area contributed by atoms with Crippen LogP contribution in [0.15, 0.2) is 60.9 Å². The minimum atomic E-state index is -0.389. The molecule has 0 aliphatic heterocycles. The summed E-state index contributed by atoms with van der Waals surface area (Å²) in [5, 5.41) is 7.35. The van der Waals surface area contributed by atoms with Crippen LogP contribution in [0.4, 0.5) is 5.69 Å². The standard InChI is InChI=1S/C19H16ClN3O3/c1-26-12-23-11-15(10-21-23)22-19(25)17-5-3-2-4-16(17)18(24)13-6-8-14(20)9-7-13/h2-11H,12H2,1H3,(H,22,25). The van der Waals surface area contributed by atoms with Gasteiger partial charge in [-0.25, -0.2) is 4.68 Å². The van der Waals surface area contributed by atoms with E-state index in [0.717, 1.165) is 0 Å². The van der Waals surface area contributed by atoms with E-state index in [4.69, 9.17) is 16.3 Å². The highest BCUT2D eigenvalue weighted by atomic mass is 35.5. The Morgan fingerprint density at radius 3 is 2.50 bits per heavy atom. The van der Waals surface area contributed by atoms with Crippen molar-refractivity contribution in [1.29, 1.82) is 0 Å². The lowest BCUT2D eigenvalue weighted by Crippen LogP contribution is -2.16. The Hall–Kier alpha value is -2.96. The van der Waals surface area contributed by atoms with E-state index in [1.165, 1.54) is 6.20 Å². The number of nitrogens with zero attached hydrogens (tertiary/aromatic N) is 2. The van der Waals surface area contributed by atoms with Gasteiger partial charge in [-0.1, -0.05) is 29.8 Å². The van der Waals surface area contributed by atoms with Gasteiger partial charge in [0.05, 0.1) is 23.6 Å². The fraction of sp³-hybridized carbons (Fsp3) is 0.105. The van der Waals surface area contributed by atoms with Crippen molar-refractivity contribution >= 4 is 29.0 Å². The van der Waals surface area contributed by atoms with Gasteiger partial charge in [0, 0.05) is 23.3 Å². The van der Waals surface area contributed by atoms with Crippen molar-refractivity contribution < 1.29 is 14.3 Å². The molecule has 0 unspecified atom stereocenters. The van der Waals surface area contributed by atoms with Crippen LogP contribution < -0.4 is 5.32 Å². The molecule has 3 rings (SSSR count). The number of rotatable bonds is 6. The molecule has 0 aliphatic carbocycles. The number of ketones is 1. The Bertz CT molecular complexity index is 935. The fourth-order valence-corrected chi connectivity index (χ4v) is 2.59. The molecule has 0 fully saturated rings. The van der Waals surface area contributed by atoms with Crippen LogP contribution in [-0.2, 0) is 11.5 Å². The van der Waals surface area contributed by atoms with E-state index in [1.54, 1.807) is 66.5 Å². The van der Waals surface area contributed by atoms with Crippen LogP contribution in [0.5, 0.6) is 0 Å². The molecule has 132 valence electrons. The maximum absolute atomic E-state index is 12.8. The number of nitrogens with one attached hydrogen (secondary N) is 1. The molecule has 1 heterocycles. The third kappa shape index (κ3) is 3.99. The van der Waals surface area contributed by atoms with Crippen LogP contribution in [-0.4, -0.2) is 28.6 Å². The number of aromatic nitrogens is 2. The third-order valence-electron chi connectivity index (χ3n) is 3.68. The van der Waals surface area contributed by atoms with E-state index in [-0.39, 0.29) is 24.0 Å². The van der Waals surface area contributed by atoms with Crippen molar-refractivity contribution in [2.24, 2.45) is 0 Å². The highest BCUT2D eigenvalue weighted by Gasteiger charge is 2.18. The molecule has 26 heavy (non-hydrogen) atoms. The van der Waals surface area contributed by atoms with Gasteiger partial charge in [0.15, 0.2) is 5.78 Å². The molecule has 0 radical (unpaired) electrons. The Balaban J connectivity index is 1.84. The molecule has 1 aromatic heterocycles. The molecule has 6 nitrogen and oxygen atoms in total. The van der Waals surface area contributed by atoms with E-state index in [2.05, 4.69) is 10.4 Å². The van der Waals surface area contributed by atoms with E-state index >= 15 is 0 Å². The summed E-state index contributed by atoms with van der Waals surface area (Å²) >= 11 is 5.87. The summed E-state index contributed by atoms with van der Waals surface area (Å²) < 4.78 is 6.51.